The van der Waals surface area contributed by atoms with Crippen LogP contribution in [0.1, 0.15) is 13.8 Å². The van der Waals surface area contributed by atoms with Crippen molar-refractivity contribution in [3.63, 3.8) is 0 Å². The molecule has 0 aliphatic rings. The molecule has 0 aliphatic heterocycles. The smallest absolute Gasteiger partial charge is 0.430 e. The number of hydrogen-bond acceptors (Lipinski definition) is 6. The van der Waals surface area contributed by atoms with Crippen LogP contribution < -0.4 is 0 Å². The van der Waals surface area contributed by atoms with E-state index < -0.39 is 19.6 Å². The summed E-state index contributed by atoms with van der Waals surface area (Å²) in [6.45, 7) is 2.43. The predicted octanol–water partition coefficient (Wildman–Crippen LogP) is -1.74. The standard InChI is InChI=1S/2C2H4O2.BH3O2.Cu/c2*1-2(3)4;2-1-3;/h2*1H3,(H,3,4);1-3H;/q;;;+2/p-2. The summed E-state index contributed by atoms with van der Waals surface area (Å²) in [5.41, 5.74) is 0. The van der Waals surface area contributed by atoms with E-state index >= 15 is 0 Å². The molecule has 0 aromatic rings. The van der Waals surface area contributed by atoms with Crippen LogP contribution in [0.15, 0.2) is 0 Å². The van der Waals surface area contributed by atoms with Crippen LogP contribution in [0.4, 0.5) is 0 Å². The largest absolute Gasteiger partial charge is 0.432 e. The van der Waals surface area contributed by atoms with Crippen LogP contribution in [0.3, 0.4) is 0 Å². The second-order valence-corrected chi connectivity index (χ2v) is 1.84. The summed E-state index contributed by atoms with van der Waals surface area (Å²) in [6.07, 6.45) is 0. The first kappa shape index (κ1) is 14.0. The summed E-state index contributed by atoms with van der Waals surface area (Å²) in [4.78, 5) is 20.0. The minimum atomic E-state index is -0.750. The second-order valence-electron chi connectivity index (χ2n) is 1.30. The molecular weight excluding hydrogens is 218 g/mol. The molecular formula is C4H9BCuO6. The average Bonchev–Trinajstić information content (AvgIpc) is 1.87. The molecule has 0 heterocycles. The molecule has 6 nitrogen and oxygen atoms in total. The summed E-state index contributed by atoms with van der Waals surface area (Å²) in [5.74, 6) is -1.01. The van der Waals surface area contributed by atoms with Crippen LogP contribution in [0, 0.1) is 0 Å². The van der Waals surface area contributed by atoms with Crippen molar-refractivity contribution >= 4 is 19.6 Å². The molecule has 0 radical (unpaired) electrons. The second kappa shape index (κ2) is 10.4. The molecule has 8 heteroatoms. The normalized spacial score (nSPS) is 7.67. The van der Waals surface area contributed by atoms with Gasteiger partial charge in [-0.2, -0.15) is 0 Å². The maximum atomic E-state index is 9.99. The van der Waals surface area contributed by atoms with Gasteiger partial charge in [-0.15, -0.1) is 0 Å². The molecule has 0 unspecified atom stereocenters. The summed E-state index contributed by atoms with van der Waals surface area (Å²) >= 11 is 0.453. The SMILES string of the molecule is CC(=O)[O][Cu][O]C(C)=O.OBO. The van der Waals surface area contributed by atoms with E-state index in [1.165, 1.54) is 13.8 Å². The van der Waals surface area contributed by atoms with E-state index in [2.05, 4.69) is 7.64 Å². The van der Waals surface area contributed by atoms with Crippen molar-refractivity contribution in [3.05, 3.63) is 0 Å². The summed E-state index contributed by atoms with van der Waals surface area (Å²) in [5, 5.41) is 14.2. The van der Waals surface area contributed by atoms with Gasteiger partial charge in [0.05, 0.1) is 0 Å². The van der Waals surface area contributed by atoms with Crippen molar-refractivity contribution in [3.8, 4) is 0 Å². The fraction of sp³-hybridized carbons (Fsp3) is 0.500. The Labute approximate surface area is 77.0 Å². The zero-order valence-electron chi connectivity index (χ0n) is 6.54. The van der Waals surface area contributed by atoms with Gasteiger partial charge in [-0.3, -0.25) is 0 Å². The zero-order valence-corrected chi connectivity index (χ0v) is 7.48. The van der Waals surface area contributed by atoms with Crippen LogP contribution in [-0.4, -0.2) is 29.7 Å². The van der Waals surface area contributed by atoms with Crippen LogP contribution in [0.2, 0.25) is 0 Å². The Hall–Kier alpha value is -0.556. The first-order valence-corrected chi connectivity index (χ1v) is 3.46. The van der Waals surface area contributed by atoms with Crippen LogP contribution in [0.25, 0.3) is 0 Å². The van der Waals surface area contributed by atoms with E-state index in [0.29, 0.717) is 15.6 Å². The summed E-state index contributed by atoms with van der Waals surface area (Å²) in [7, 11) is -0.750. The fourth-order valence-corrected chi connectivity index (χ4v) is 0.344. The third kappa shape index (κ3) is 22.7. The topological polar surface area (TPSA) is 93.1 Å². The van der Waals surface area contributed by atoms with Gasteiger partial charge in [-0.25, -0.2) is 0 Å². The van der Waals surface area contributed by atoms with Gasteiger partial charge in [-0.05, 0) is 0 Å². The van der Waals surface area contributed by atoms with E-state index in [0.717, 1.165) is 0 Å². The molecule has 75 valence electrons. The van der Waals surface area contributed by atoms with Gasteiger partial charge in [0.15, 0.2) is 0 Å². The number of hydrogen-bond donors (Lipinski definition) is 2. The van der Waals surface area contributed by atoms with Crippen LogP contribution in [-0.2, 0) is 32.8 Å². The Balaban J connectivity index is 0. The fourth-order valence-electron chi connectivity index (χ4n) is 0.0833. The van der Waals surface area contributed by atoms with E-state index in [1.54, 1.807) is 0 Å². The number of carbonyl (C=O) groups excluding carboxylic acids is 2. The van der Waals surface area contributed by atoms with Gasteiger partial charge in [0.2, 0.25) is 0 Å². The molecule has 0 rings (SSSR count). The van der Waals surface area contributed by atoms with Crippen molar-refractivity contribution in [1.29, 1.82) is 0 Å². The quantitative estimate of drug-likeness (QED) is 0.544. The molecule has 0 bridgehead atoms. The molecule has 0 atom stereocenters. The minimum absolute atomic E-state index is 0.453. The third-order valence-corrected chi connectivity index (χ3v) is 0.922. The molecule has 12 heavy (non-hydrogen) atoms. The van der Waals surface area contributed by atoms with Crippen molar-refractivity contribution in [2.75, 3.05) is 0 Å². The molecule has 0 fully saturated rings. The summed E-state index contributed by atoms with van der Waals surface area (Å²) < 4.78 is 8.35. The predicted molar refractivity (Wildman–Crippen MR) is 35.1 cm³/mol. The summed E-state index contributed by atoms with van der Waals surface area (Å²) in [6, 6.07) is 0. The molecule has 0 saturated heterocycles. The Morgan fingerprint density at radius 3 is 1.58 bits per heavy atom. The maximum absolute atomic E-state index is 9.99. The van der Waals surface area contributed by atoms with E-state index in [4.69, 9.17) is 10.0 Å². The maximum Gasteiger partial charge on any atom is 0.432 e. The number of carbonyl (C=O) groups is 2. The Morgan fingerprint density at radius 1 is 1.17 bits per heavy atom. The molecule has 2 N–H and O–H groups in total. The molecule has 0 amide bonds. The Kier molecular flexibility index (Phi) is 12.2. The Bertz CT molecular complexity index is 126. The van der Waals surface area contributed by atoms with Crippen molar-refractivity contribution in [2.45, 2.75) is 13.8 Å². The van der Waals surface area contributed by atoms with Gasteiger partial charge in [0.1, 0.15) is 0 Å². The van der Waals surface area contributed by atoms with Crippen LogP contribution in [0.5, 0.6) is 0 Å². The first-order valence-electron chi connectivity index (χ1n) is 2.70. The molecule has 0 saturated carbocycles. The van der Waals surface area contributed by atoms with Crippen molar-refractivity contribution in [2.24, 2.45) is 0 Å². The van der Waals surface area contributed by atoms with Crippen molar-refractivity contribution in [1.82, 2.24) is 0 Å². The van der Waals surface area contributed by atoms with E-state index in [1.807, 2.05) is 0 Å². The molecule has 0 aromatic heterocycles. The van der Waals surface area contributed by atoms with Crippen molar-refractivity contribution < 1.29 is 42.9 Å². The molecule has 0 spiro atoms. The van der Waals surface area contributed by atoms with Crippen LogP contribution >= 0.6 is 0 Å². The monoisotopic (exact) mass is 227 g/mol. The van der Waals surface area contributed by atoms with Gasteiger partial charge in [-0.1, -0.05) is 0 Å². The van der Waals surface area contributed by atoms with Gasteiger partial charge in [0, 0.05) is 0 Å². The Morgan fingerprint density at radius 2 is 1.42 bits per heavy atom. The third-order valence-electron chi connectivity index (χ3n) is 0.224. The number of rotatable bonds is 2. The van der Waals surface area contributed by atoms with Gasteiger partial charge < -0.3 is 10.0 Å². The first-order chi connectivity index (χ1) is 5.54. The molecule has 0 aromatic carbocycles. The zero-order chi connectivity index (χ0) is 9.98. The van der Waals surface area contributed by atoms with E-state index in [9.17, 15) is 9.59 Å². The van der Waals surface area contributed by atoms with Gasteiger partial charge in [0.25, 0.3) is 0 Å². The molecule has 0 aliphatic carbocycles. The van der Waals surface area contributed by atoms with Gasteiger partial charge >= 0.3 is 66.3 Å². The average molecular weight is 227 g/mol. The van der Waals surface area contributed by atoms with E-state index in [-0.39, 0.29) is 0 Å². The minimum Gasteiger partial charge on any atom is -0.430 e.